The Morgan fingerprint density at radius 3 is 2.57 bits per heavy atom. The van der Waals surface area contributed by atoms with Crippen molar-refractivity contribution in [2.75, 3.05) is 11.9 Å². The molecule has 0 amide bonds. The number of nitrogens with one attached hydrogen (secondary N) is 2. The van der Waals surface area contributed by atoms with Crippen LogP contribution in [0.5, 0.6) is 11.5 Å². The van der Waals surface area contributed by atoms with Gasteiger partial charge in [0, 0.05) is 6.54 Å². The molecule has 2 aromatic rings. The number of halogens is 1. The second-order valence-corrected chi connectivity index (χ2v) is 5.25. The molecule has 4 nitrogen and oxygen atoms in total. The molecule has 0 unspecified atom stereocenters. The number of rotatable bonds is 4. The highest BCUT2D eigenvalue weighted by Crippen LogP contribution is 2.25. The van der Waals surface area contributed by atoms with Crippen LogP contribution < -0.4 is 10.6 Å². The van der Waals surface area contributed by atoms with Gasteiger partial charge in [-0.15, -0.1) is 0 Å². The molecule has 0 saturated heterocycles. The number of para-hydroxylation sites is 1. The molecule has 0 heterocycles. The van der Waals surface area contributed by atoms with Crippen LogP contribution in [0.4, 0.5) is 5.69 Å². The lowest BCUT2D eigenvalue weighted by Gasteiger charge is -2.11. The summed E-state index contributed by atoms with van der Waals surface area (Å²) in [4.78, 5) is 0. The lowest BCUT2D eigenvalue weighted by atomic mass is 10.1. The van der Waals surface area contributed by atoms with E-state index in [9.17, 15) is 10.2 Å². The van der Waals surface area contributed by atoms with E-state index >= 15 is 0 Å². The third-order valence-corrected chi connectivity index (χ3v) is 3.44. The van der Waals surface area contributed by atoms with E-state index in [1.54, 1.807) is 12.1 Å². The summed E-state index contributed by atoms with van der Waals surface area (Å²) >= 11 is 11.2. The molecule has 110 valence electrons. The third-order valence-electron chi connectivity index (χ3n) is 2.86. The topological polar surface area (TPSA) is 64.5 Å². The van der Waals surface area contributed by atoms with Crippen molar-refractivity contribution in [2.24, 2.45) is 0 Å². The molecule has 0 saturated carbocycles. The van der Waals surface area contributed by atoms with Crippen molar-refractivity contribution >= 4 is 34.6 Å². The van der Waals surface area contributed by atoms with Crippen molar-refractivity contribution in [3.8, 4) is 11.5 Å². The molecule has 0 spiro atoms. The molecule has 0 fully saturated rings. The van der Waals surface area contributed by atoms with Crippen LogP contribution in [-0.2, 0) is 6.42 Å². The van der Waals surface area contributed by atoms with Crippen LogP contribution in [0, 0.1) is 0 Å². The van der Waals surface area contributed by atoms with E-state index in [-0.39, 0.29) is 11.5 Å². The Morgan fingerprint density at radius 2 is 1.86 bits per heavy atom. The molecule has 0 aliphatic heterocycles. The highest BCUT2D eigenvalue weighted by Gasteiger charge is 2.03. The van der Waals surface area contributed by atoms with E-state index in [0.29, 0.717) is 23.1 Å². The summed E-state index contributed by atoms with van der Waals surface area (Å²) < 4.78 is 0. The van der Waals surface area contributed by atoms with Crippen LogP contribution >= 0.6 is 23.8 Å². The standard InChI is InChI=1S/C15H15ClN2O2S/c16-11-3-1-2-4-12(11)18-15(21)17-8-7-10-5-6-13(19)14(20)9-10/h1-6,9,19-20H,7-8H2,(H2,17,18,21). The number of benzene rings is 2. The third kappa shape index (κ3) is 4.51. The van der Waals surface area contributed by atoms with Crippen molar-refractivity contribution in [1.29, 1.82) is 0 Å². The minimum absolute atomic E-state index is 0.121. The minimum atomic E-state index is -0.123. The van der Waals surface area contributed by atoms with Gasteiger partial charge in [-0.2, -0.15) is 0 Å². The van der Waals surface area contributed by atoms with E-state index < -0.39 is 0 Å². The van der Waals surface area contributed by atoms with Gasteiger partial charge < -0.3 is 20.8 Å². The highest BCUT2D eigenvalue weighted by atomic mass is 35.5. The van der Waals surface area contributed by atoms with Crippen molar-refractivity contribution in [2.45, 2.75) is 6.42 Å². The maximum Gasteiger partial charge on any atom is 0.170 e. The fourth-order valence-corrected chi connectivity index (χ4v) is 2.17. The Balaban J connectivity index is 1.82. The molecule has 4 N–H and O–H groups in total. The van der Waals surface area contributed by atoms with Crippen LogP contribution in [0.25, 0.3) is 0 Å². The summed E-state index contributed by atoms with van der Waals surface area (Å²) in [5.74, 6) is -0.244. The summed E-state index contributed by atoms with van der Waals surface area (Å²) in [5.41, 5.74) is 1.65. The molecule has 21 heavy (non-hydrogen) atoms. The average molecular weight is 323 g/mol. The van der Waals surface area contributed by atoms with Crippen LogP contribution in [0.1, 0.15) is 5.56 Å². The van der Waals surface area contributed by atoms with E-state index in [4.69, 9.17) is 23.8 Å². The second-order valence-electron chi connectivity index (χ2n) is 4.43. The second kappa shape index (κ2) is 7.15. The molecule has 0 aliphatic carbocycles. The SMILES string of the molecule is Oc1ccc(CCNC(=S)Nc2ccccc2Cl)cc1O. The lowest BCUT2D eigenvalue weighted by molar-refractivity contribution is 0.403. The first kappa shape index (κ1) is 15.4. The van der Waals surface area contributed by atoms with E-state index in [0.717, 1.165) is 11.3 Å². The molecule has 0 aromatic heterocycles. The van der Waals surface area contributed by atoms with Crippen molar-refractivity contribution in [3.63, 3.8) is 0 Å². The summed E-state index contributed by atoms with van der Waals surface area (Å²) in [6.07, 6.45) is 0.665. The highest BCUT2D eigenvalue weighted by molar-refractivity contribution is 7.80. The minimum Gasteiger partial charge on any atom is -0.504 e. The number of anilines is 1. The summed E-state index contributed by atoms with van der Waals surface area (Å²) in [6.45, 7) is 0.598. The Hall–Kier alpha value is -1.98. The van der Waals surface area contributed by atoms with Crippen molar-refractivity contribution < 1.29 is 10.2 Å². The van der Waals surface area contributed by atoms with Crippen LogP contribution in [0.3, 0.4) is 0 Å². The van der Waals surface area contributed by atoms with Crippen LogP contribution in [0.15, 0.2) is 42.5 Å². The maximum atomic E-state index is 9.41. The zero-order chi connectivity index (χ0) is 15.2. The van der Waals surface area contributed by atoms with Gasteiger partial charge in [0.05, 0.1) is 10.7 Å². The molecule has 0 radical (unpaired) electrons. The number of phenols is 2. The predicted octanol–water partition coefficient (Wildman–Crippen LogP) is 3.28. The Morgan fingerprint density at radius 1 is 1.10 bits per heavy atom. The van der Waals surface area contributed by atoms with Gasteiger partial charge in [-0.3, -0.25) is 0 Å². The molecule has 0 atom stereocenters. The van der Waals surface area contributed by atoms with Crippen LogP contribution in [-0.4, -0.2) is 21.9 Å². The zero-order valence-electron chi connectivity index (χ0n) is 11.1. The van der Waals surface area contributed by atoms with E-state index in [2.05, 4.69) is 10.6 Å². The zero-order valence-corrected chi connectivity index (χ0v) is 12.7. The van der Waals surface area contributed by atoms with Gasteiger partial charge in [0.1, 0.15) is 0 Å². The summed E-state index contributed by atoms with van der Waals surface area (Å²) in [5, 5.41) is 25.8. The first-order chi connectivity index (χ1) is 10.1. The van der Waals surface area contributed by atoms with Gasteiger partial charge in [0.15, 0.2) is 16.6 Å². The van der Waals surface area contributed by atoms with Gasteiger partial charge in [-0.25, -0.2) is 0 Å². The number of hydrogen-bond donors (Lipinski definition) is 4. The average Bonchev–Trinajstić information content (AvgIpc) is 2.45. The van der Waals surface area contributed by atoms with E-state index in [1.807, 2.05) is 18.2 Å². The molecular formula is C15H15ClN2O2S. The summed E-state index contributed by atoms with van der Waals surface area (Å²) in [6, 6.07) is 12.1. The Bertz CT molecular complexity index is 649. The van der Waals surface area contributed by atoms with E-state index in [1.165, 1.54) is 12.1 Å². The van der Waals surface area contributed by atoms with Gasteiger partial charge in [0.25, 0.3) is 0 Å². The lowest BCUT2D eigenvalue weighted by Crippen LogP contribution is -2.30. The van der Waals surface area contributed by atoms with Gasteiger partial charge in [-0.1, -0.05) is 29.8 Å². The van der Waals surface area contributed by atoms with Gasteiger partial charge in [0.2, 0.25) is 0 Å². The first-order valence-electron chi connectivity index (χ1n) is 6.36. The van der Waals surface area contributed by atoms with Gasteiger partial charge >= 0.3 is 0 Å². The Labute approximate surface area is 133 Å². The fourth-order valence-electron chi connectivity index (χ4n) is 1.77. The molecule has 6 heteroatoms. The predicted molar refractivity (Wildman–Crippen MR) is 89.2 cm³/mol. The molecule has 2 aromatic carbocycles. The fraction of sp³-hybridized carbons (Fsp3) is 0.133. The Kier molecular flexibility index (Phi) is 5.25. The monoisotopic (exact) mass is 322 g/mol. The summed E-state index contributed by atoms with van der Waals surface area (Å²) in [7, 11) is 0. The quantitative estimate of drug-likeness (QED) is 0.514. The number of hydrogen-bond acceptors (Lipinski definition) is 3. The first-order valence-corrected chi connectivity index (χ1v) is 7.15. The van der Waals surface area contributed by atoms with Crippen LogP contribution in [0.2, 0.25) is 5.02 Å². The smallest absolute Gasteiger partial charge is 0.170 e. The molecule has 2 rings (SSSR count). The normalized spacial score (nSPS) is 10.1. The number of thiocarbonyl (C=S) groups is 1. The van der Waals surface area contributed by atoms with Gasteiger partial charge in [-0.05, 0) is 48.5 Å². The number of aromatic hydroxyl groups is 2. The maximum absolute atomic E-state index is 9.41. The number of phenolic OH excluding ortho intramolecular Hbond substituents is 2. The molecule has 0 aliphatic rings. The largest absolute Gasteiger partial charge is 0.504 e. The van der Waals surface area contributed by atoms with Crippen molar-refractivity contribution in [3.05, 3.63) is 53.1 Å². The molecule has 0 bridgehead atoms. The van der Waals surface area contributed by atoms with Crippen molar-refractivity contribution in [1.82, 2.24) is 5.32 Å². The molecular weight excluding hydrogens is 308 g/mol.